The molecule has 0 fully saturated rings. The molecule has 0 saturated heterocycles. The molecule has 0 bridgehead atoms. The third-order valence-electron chi connectivity index (χ3n) is 4.48. The van der Waals surface area contributed by atoms with Crippen molar-refractivity contribution in [3.8, 4) is 0 Å². The van der Waals surface area contributed by atoms with Crippen molar-refractivity contribution in [1.29, 1.82) is 0 Å². The van der Waals surface area contributed by atoms with Crippen molar-refractivity contribution in [3.05, 3.63) is 46.8 Å². The number of aliphatic hydroxyl groups is 2. The average molecular weight is 424 g/mol. The maximum atomic E-state index is 13.7. The van der Waals surface area contributed by atoms with Crippen molar-refractivity contribution in [2.75, 3.05) is 6.54 Å². The second-order valence-corrected chi connectivity index (χ2v) is 6.42. The van der Waals surface area contributed by atoms with Gasteiger partial charge in [-0.25, -0.2) is 13.2 Å². The molecule has 1 aromatic carbocycles. The molecule has 0 spiro atoms. The van der Waals surface area contributed by atoms with Gasteiger partial charge in [-0.05, 0) is 11.6 Å². The van der Waals surface area contributed by atoms with E-state index in [1.165, 1.54) is 0 Å². The van der Waals surface area contributed by atoms with Gasteiger partial charge in [-0.15, -0.1) is 10.2 Å². The number of fused-ring (bicyclic) bond motifs is 1. The van der Waals surface area contributed by atoms with Crippen molar-refractivity contribution >= 4 is 5.78 Å². The smallest absolute Gasteiger partial charge is 0.381 e. The number of halogens is 6. The average Bonchev–Trinajstić information content (AvgIpc) is 3.08. The van der Waals surface area contributed by atoms with Crippen molar-refractivity contribution in [1.82, 2.24) is 19.7 Å². The molecule has 1 aliphatic heterocycles. The molecule has 13 heteroatoms. The number of aliphatic hydroxyl groups excluding tert-OH is 2. The predicted molar refractivity (Wildman–Crippen MR) is 82.5 cm³/mol. The van der Waals surface area contributed by atoms with Gasteiger partial charge in [-0.3, -0.25) is 9.69 Å². The molecule has 1 aliphatic rings. The van der Waals surface area contributed by atoms with Crippen LogP contribution in [0, 0.1) is 17.5 Å². The summed E-state index contributed by atoms with van der Waals surface area (Å²) in [6.45, 7) is -0.764. The lowest BCUT2D eigenvalue weighted by Crippen LogP contribution is -2.50. The largest absolute Gasteiger partial charge is 0.451 e. The Bertz CT molecular complexity index is 932. The summed E-state index contributed by atoms with van der Waals surface area (Å²) in [5, 5.41) is 26.7. The number of benzene rings is 1. The first kappa shape index (κ1) is 21.2. The van der Waals surface area contributed by atoms with E-state index in [1.807, 2.05) is 0 Å². The number of aromatic nitrogens is 3. The zero-order valence-corrected chi connectivity index (χ0v) is 14.5. The molecule has 1 aromatic heterocycles. The second kappa shape index (κ2) is 7.72. The van der Waals surface area contributed by atoms with Crippen molar-refractivity contribution in [3.63, 3.8) is 0 Å². The first-order chi connectivity index (χ1) is 13.5. The molecule has 3 rings (SSSR count). The van der Waals surface area contributed by atoms with Gasteiger partial charge in [0.05, 0.1) is 6.54 Å². The van der Waals surface area contributed by atoms with Crippen LogP contribution in [0.3, 0.4) is 0 Å². The Morgan fingerprint density at radius 1 is 1.07 bits per heavy atom. The number of carbonyl (C=O) groups excluding carboxylic acids is 1. The fourth-order valence-corrected chi connectivity index (χ4v) is 2.97. The number of hydrogen-bond acceptors (Lipinski definition) is 6. The van der Waals surface area contributed by atoms with Gasteiger partial charge >= 0.3 is 6.18 Å². The quantitative estimate of drug-likeness (QED) is 0.550. The van der Waals surface area contributed by atoms with Gasteiger partial charge in [0.2, 0.25) is 5.82 Å². The Balaban J connectivity index is 1.69. The molecule has 29 heavy (non-hydrogen) atoms. The molecule has 2 atom stereocenters. The molecule has 0 amide bonds. The van der Waals surface area contributed by atoms with Crippen LogP contribution >= 0.6 is 0 Å². The fourth-order valence-electron chi connectivity index (χ4n) is 2.97. The van der Waals surface area contributed by atoms with Crippen LogP contribution in [0.15, 0.2) is 12.1 Å². The van der Waals surface area contributed by atoms with Crippen LogP contribution in [-0.4, -0.2) is 54.5 Å². The Morgan fingerprint density at radius 3 is 2.38 bits per heavy atom. The van der Waals surface area contributed by atoms with Gasteiger partial charge in [-0.2, -0.15) is 13.2 Å². The Hall–Kier alpha value is -2.51. The SMILES string of the molecule is O=C(Cc1cc(F)c(F)cc1F)C(O)C(O)N1CCn2c(nnc2C(F)(F)F)C1. The van der Waals surface area contributed by atoms with E-state index in [2.05, 4.69) is 10.2 Å². The van der Waals surface area contributed by atoms with Crippen LogP contribution < -0.4 is 0 Å². The maximum absolute atomic E-state index is 13.7. The highest BCUT2D eigenvalue weighted by Crippen LogP contribution is 2.29. The van der Waals surface area contributed by atoms with Gasteiger partial charge in [0, 0.05) is 25.6 Å². The maximum Gasteiger partial charge on any atom is 0.451 e. The summed E-state index contributed by atoms with van der Waals surface area (Å²) in [6.07, 6.45) is -9.45. The number of nitrogens with zero attached hydrogens (tertiary/aromatic N) is 4. The van der Waals surface area contributed by atoms with E-state index in [0.29, 0.717) is 6.07 Å². The van der Waals surface area contributed by atoms with Gasteiger partial charge in [0.15, 0.2) is 23.5 Å². The fraction of sp³-hybridized carbons (Fsp3) is 0.438. The number of alkyl halides is 3. The van der Waals surface area contributed by atoms with Gasteiger partial charge < -0.3 is 14.8 Å². The molecular formula is C16H14F6N4O3. The number of ketones is 1. The number of Topliss-reactive ketones (excluding diaryl/α,β-unsaturated/α-hetero) is 1. The third-order valence-corrected chi connectivity index (χ3v) is 4.48. The van der Waals surface area contributed by atoms with Crippen molar-refractivity contribution < 1.29 is 41.4 Å². The summed E-state index contributed by atoms with van der Waals surface area (Å²) >= 11 is 0. The summed E-state index contributed by atoms with van der Waals surface area (Å²) in [4.78, 5) is 13.2. The molecule has 7 nitrogen and oxygen atoms in total. The van der Waals surface area contributed by atoms with Crippen molar-refractivity contribution in [2.45, 2.75) is 38.0 Å². The minimum Gasteiger partial charge on any atom is -0.381 e. The van der Waals surface area contributed by atoms with E-state index in [4.69, 9.17) is 0 Å². The normalized spacial score (nSPS) is 17.1. The highest BCUT2D eigenvalue weighted by molar-refractivity contribution is 5.85. The van der Waals surface area contributed by atoms with E-state index in [-0.39, 0.29) is 31.5 Å². The van der Waals surface area contributed by atoms with Crippen LogP contribution in [-0.2, 0) is 30.5 Å². The molecular weight excluding hydrogens is 410 g/mol. The monoisotopic (exact) mass is 424 g/mol. The van der Waals surface area contributed by atoms with Gasteiger partial charge in [0.1, 0.15) is 17.9 Å². The standard InChI is InChI=1S/C16H14F6N4O3/c17-8-5-10(19)9(18)3-7(8)4-11(27)13(28)14(29)25-1-2-26-12(6-25)23-24-15(26)16(20,21)22/h3,5,13-14,28-29H,1-2,4,6H2. The minimum atomic E-state index is -4.71. The van der Waals surface area contributed by atoms with Gasteiger partial charge in [0.25, 0.3) is 0 Å². The third kappa shape index (κ3) is 4.26. The summed E-state index contributed by atoms with van der Waals surface area (Å²) < 4.78 is 79.1. The number of carbonyl (C=O) groups is 1. The number of rotatable bonds is 5. The molecule has 2 heterocycles. The first-order valence-corrected chi connectivity index (χ1v) is 8.24. The summed E-state index contributed by atoms with van der Waals surface area (Å²) in [5.41, 5.74) is -0.520. The summed E-state index contributed by atoms with van der Waals surface area (Å²) in [6, 6.07) is 0.708. The van der Waals surface area contributed by atoms with E-state index in [1.54, 1.807) is 0 Å². The van der Waals surface area contributed by atoms with E-state index in [9.17, 15) is 41.4 Å². The van der Waals surface area contributed by atoms with E-state index >= 15 is 0 Å². The lowest BCUT2D eigenvalue weighted by Gasteiger charge is -2.33. The molecule has 158 valence electrons. The first-order valence-electron chi connectivity index (χ1n) is 8.24. The molecule has 2 unspecified atom stereocenters. The Kier molecular flexibility index (Phi) is 5.65. The van der Waals surface area contributed by atoms with E-state index in [0.717, 1.165) is 9.47 Å². The topological polar surface area (TPSA) is 91.5 Å². The zero-order chi connectivity index (χ0) is 21.5. The van der Waals surface area contributed by atoms with Crippen molar-refractivity contribution in [2.24, 2.45) is 0 Å². The van der Waals surface area contributed by atoms with Crippen LogP contribution in [0.1, 0.15) is 17.2 Å². The molecule has 2 N–H and O–H groups in total. The highest BCUT2D eigenvalue weighted by Gasteiger charge is 2.41. The molecule has 0 aliphatic carbocycles. The Morgan fingerprint density at radius 2 is 1.72 bits per heavy atom. The second-order valence-electron chi connectivity index (χ2n) is 6.42. The van der Waals surface area contributed by atoms with Crippen LogP contribution in [0.4, 0.5) is 26.3 Å². The van der Waals surface area contributed by atoms with Crippen LogP contribution in [0.25, 0.3) is 0 Å². The lowest BCUT2D eigenvalue weighted by molar-refractivity contribution is -0.150. The van der Waals surface area contributed by atoms with Crippen LogP contribution in [0.2, 0.25) is 0 Å². The Labute approximate surface area is 159 Å². The lowest BCUT2D eigenvalue weighted by atomic mass is 10.0. The predicted octanol–water partition coefficient (Wildman–Crippen LogP) is 1.02. The minimum absolute atomic E-state index is 0.131. The number of hydrogen-bond donors (Lipinski definition) is 2. The highest BCUT2D eigenvalue weighted by atomic mass is 19.4. The van der Waals surface area contributed by atoms with E-state index < -0.39 is 59.6 Å². The zero-order valence-electron chi connectivity index (χ0n) is 14.5. The van der Waals surface area contributed by atoms with Gasteiger partial charge in [-0.1, -0.05) is 0 Å². The van der Waals surface area contributed by atoms with Crippen LogP contribution in [0.5, 0.6) is 0 Å². The molecule has 0 radical (unpaired) electrons. The molecule has 2 aromatic rings. The summed E-state index contributed by atoms with van der Waals surface area (Å²) in [7, 11) is 0. The summed E-state index contributed by atoms with van der Waals surface area (Å²) in [5.74, 6) is -6.47. The molecule has 0 saturated carbocycles.